The Morgan fingerprint density at radius 1 is 1.59 bits per heavy atom. The minimum absolute atomic E-state index is 0.169. The molecule has 4 nitrogen and oxygen atoms in total. The predicted octanol–water partition coefficient (Wildman–Crippen LogP) is 1.67. The molecule has 1 aromatic carbocycles. The van der Waals surface area contributed by atoms with Crippen molar-refractivity contribution in [1.82, 2.24) is 5.32 Å². The van der Waals surface area contributed by atoms with Crippen LogP contribution < -0.4 is 10.1 Å². The number of rotatable bonds is 2. The first-order valence-electron chi connectivity index (χ1n) is 5.03. The molecule has 1 aliphatic heterocycles. The molecular formula is C11H11FN2O2S. The third-order valence-electron chi connectivity index (χ3n) is 2.21. The summed E-state index contributed by atoms with van der Waals surface area (Å²) < 4.78 is 18.1. The molecule has 0 spiro atoms. The third kappa shape index (κ3) is 2.76. The highest BCUT2D eigenvalue weighted by molar-refractivity contribution is 8.14. The molecular weight excluding hydrogens is 243 g/mol. The summed E-state index contributed by atoms with van der Waals surface area (Å²) in [5.41, 5.74) is 0.169. The van der Waals surface area contributed by atoms with Gasteiger partial charge >= 0.3 is 0 Å². The van der Waals surface area contributed by atoms with Gasteiger partial charge in [-0.25, -0.2) is 4.39 Å². The van der Waals surface area contributed by atoms with E-state index in [0.29, 0.717) is 17.5 Å². The Morgan fingerprint density at radius 2 is 2.41 bits per heavy atom. The Bertz CT molecular complexity index is 477. The fraction of sp³-hybridized carbons (Fsp3) is 0.273. The lowest BCUT2D eigenvalue weighted by Gasteiger charge is -2.08. The molecule has 0 fully saturated rings. The van der Waals surface area contributed by atoms with Crippen LogP contribution >= 0.6 is 11.8 Å². The van der Waals surface area contributed by atoms with E-state index in [1.807, 2.05) is 0 Å². The molecule has 0 saturated carbocycles. The lowest BCUT2D eigenvalue weighted by Crippen LogP contribution is -2.27. The summed E-state index contributed by atoms with van der Waals surface area (Å²) in [6.07, 6.45) is 0. The first kappa shape index (κ1) is 11.9. The number of ether oxygens (including phenoxy) is 1. The summed E-state index contributed by atoms with van der Waals surface area (Å²) in [5, 5.41) is 3.20. The topological polar surface area (TPSA) is 50.7 Å². The van der Waals surface area contributed by atoms with E-state index >= 15 is 0 Å². The maximum Gasteiger partial charge on any atom is 0.261 e. The van der Waals surface area contributed by atoms with Crippen LogP contribution in [-0.4, -0.2) is 30.5 Å². The van der Waals surface area contributed by atoms with Crippen LogP contribution in [0.5, 0.6) is 5.75 Å². The zero-order valence-corrected chi connectivity index (χ0v) is 10.0. The smallest absolute Gasteiger partial charge is 0.261 e. The van der Waals surface area contributed by atoms with Crippen LogP contribution in [-0.2, 0) is 0 Å². The number of hydrogen-bond donors (Lipinski definition) is 1. The molecule has 1 amide bonds. The summed E-state index contributed by atoms with van der Waals surface area (Å²) in [5.74, 6) is 0.314. The number of methoxy groups -OCH3 is 1. The average Bonchev–Trinajstić information content (AvgIpc) is 2.81. The van der Waals surface area contributed by atoms with Crippen molar-refractivity contribution >= 4 is 22.8 Å². The van der Waals surface area contributed by atoms with Gasteiger partial charge in [0, 0.05) is 5.75 Å². The number of halogens is 1. The molecule has 6 heteroatoms. The second-order valence-corrected chi connectivity index (χ2v) is 4.42. The molecule has 1 aliphatic rings. The van der Waals surface area contributed by atoms with E-state index in [2.05, 4.69) is 10.3 Å². The number of amides is 1. The third-order valence-corrected chi connectivity index (χ3v) is 3.10. The van der Waals surface area contributed by atoms with Gasteiger partial charge in [0.2, 0.25) is 0 Å². The molecule has 0 aliphatic carbocycles. The van der Waals surface area contributed by atoms with E-state index in [4.69, 9.17) is 4.74 Å². The number of thioether (sulfide) groups is 1. The molecule has 90 valence electrons. The minimum atomic E-state index is -0.475. The van der Waals surface area contributed by atoms with E-state index in [9.17, 15) is 9.18 Å². The fourth-order valence-corrected chi connectivity index (χ4v) is 2.16. The predicted molar refractivity (Wildman–Crippen MR) is 65.2 cm³/mol. The van der Waals surface area contributed by atoms with E-state index in [1.165, 1.54) is 31.0 Å². The first-order chi connectivity index (χ1) is 8.20. The Balaban J connectivity index is 2.20. The van der Waals surface area contributed by atoms with Crippen LogP contribution in [0.2, 0.25) is 0 Å². The molecule has 0 bridgehead atoms. The summed E-state index contributed by atoms with van der Waals surface area (Å²) in [7, 11) is 1.44. The molecule has 1 N–H and O–H groups in total. The molecule has 0 unspecified atom stereocenters. The van der Waals surface area contributed by atoms with Crippen LogP contribution in [0.3, 0.4) is 0 Å². The number of hydrogen-bond acceptors (Lipinski definition) is 4. The number of nitrogens with one attached hydrogen (secondary N) is 1. The standard InChI is InChI=1S/C11H11FN2O2S/c1-16-9-3-2-7(12)6-8(9)10(15)14-11-13-4-5-17-11/h2-3,6H,4-5H2,1H3,(H,13,14,15). The van der Waals surface area contributed by atoms with Crippen LogP contribution in [0.25, 0.3) is 0 Å². The highest BCUT2D eigenvalue weighted by atomic mass is 32.2. The van der Waals surface area contributed by atoms with Crippen LogP contribution in [0.4, 0.5) is 4.39 Å². The van der Waals surface area contributed by atoms with Crippen molar-refractivity contribution < 1.29 is 13.9 Å². The van der Waals surface area contributed by atoms with Crippen molar-refractivity contribution in [2.75, 3.05) is 19.4 Å². The number of benzene rings is 1. The highest BCUT2D eigenvalue weighted by Gasteiger charge is 2.16. The summed E-state index contributed by atoms with van der Waals surface area (Å²) >= 11 is 1.47. The van der Waals surface area contributed by atoms with Crippen molar-refractivity contribution in [3.63, 3.8) is 0 Å². The summed E-state index contributed by atoms with van der Waals surface area (Å²) in [4.78, 5) is 16.0. The summed E-state index contributed by atoms with van der Waals surface area (Å²) in [6.45, 7) is 0.695. The zero-order chi connectivity index (χ0) is 12.3. The normalized spacial score (nSPS) is 14.4. The van der Waals surface area contributed by atoms with Crippen molar-refractivity contribution in [3.8, 4) is 5.75 Å². The van der Waals surface area contributed by atoms with Gasteiger partial charge in [-0.1, -0.05) is 11.8 Å². The monoisotopic (exact) mass is 254 g/mol. The van der Waals surface area contributed by atoms with Gasteiger partial charge in [-0.3, -0.25) is 9.79 Å². The molecule has 17 heavy (non-hydrogen) atoms. The van der Waals surface area contributed by atoms with Gasteiger partial charge in [-0.2, -0.15) is 0 Å². The SMILES string of the molecule is COc1ccc(F)cc1C(=O)NC1=NCCS1. The van der Waals surface area contributed by atoms with E-state index in [-0.39, 0.29) is 5.56 Å². The maximum absolute atomic E-state index is 13.1. The Kier molecular flexibility index (Phi) is 3.63. The number of amidine groups is 1. The lowest BCUT2D eigenvalue weighted by atomic mass is 10.2. The summed E-state index contributed by atoms with van der Waals surface area (Å²) in [6, 6.07) is 3.82. The van der Waals surface area contributed by atoms with Gasteiger partial charge in [0.15, 0.2) is 5.17 Å². The van der Waals surface area contributed by atoms with Crippen molar-refractivity contribution in [1.29, 1.82) is 0 Å². The van der Waals surface area contributed by atoms with E-state index < -0.39 is 11.7 Å². The number of aliphatic imine (C=N–C) groups is 1. The molecule has 0 aromatic heterocycles. The lowest BCUT2D eigenvalue weighted by molar-refractivity contribution is 0.0974. The van der Waals surface area contributed by atoms with Gasteiger partial charge in [-0.05, 0) is 18.2 Å². The number of carbonyl (C=O) groups is 1. The molecule has 2 rings (SSSR count). The highest BCUT2D eigenvalue weighted by Crippen LogP contribution is 2.20. The first-order valence-corrected chi connectivity index (χ1v) is 6.01. The van der Waals surface area contributed by atoms with E-state index in [1.54, 1.807) is 0 Å². The minimum Gasteiger partial charge on any atom is -0.496 e. The second kappa shape index (κ2) is 5.18. The fourth-order valence-electron chi connectivity index (χ4n) is 1.43. The van der Waals surface area contributed by atoms with Gasteiger partial charge in [0.05, 0.1) is 19.2 Å². The van der Waals surface area contributed by atoms with Crippen molar-refractivity contribution in [2.24, 2.45) is 4.99 Å². The quantitative estimate of drug-likeness (QED) is 0.873. The van der Waals surface area contributed by atoms with Gasteiger partial charge in [0.1, 0.15) is 11.6 Å². The second-order valence-electron chi connectivity index (χ2n) is 3.33. The van der Waals surface area contributed by atoms with Gasteiger partial charge in [0.25, 0.3) is 5.91 Å². The van der Waals surface area contributed by atoms with Crippen LogP contribution in [0, 0.1) is 5.82 Å². The molecule has 0 radical (unpaired) electrons. The van der Waals surface area contributed by atoms with Crippen molar-refractivity contribution in [2.45, 2.75) is 0 Å². The maximum atomic E-state index is 13.1. The number of carbonyl (C=O) groups excluding carboxylic acids is 1. The Hall–Kier alpha value is -1.56. The molecule has 0 saturated heterocycles. The van der Waals surface area contributed by atoms with Crippen molar-refractivity contribution in [3.05, 3.63) is 29.6 Å². The van der Waals surface area contributed by atoms with Gasteiger partial charge < -0.3 is 10.1 Å². The average molecular weight is 254 g/mol. The Morgan fingerprint density at radius 3 is 3.06 bits per heavy atom. The molecule has 0 atom stereocenters. The molecule has 1 heterocycles. The van der Waals surface area contributed by atoms with E-state index in [0.717, 1.165) is 11.8 Å². The van der Waals surface area contributed by atoms with Crippen LogP contribution in [0.1, 0.15) is 10.4 Å². The van der Waals surface area contributed by atoms with Crippen LogP contribution in [0.15, 0.2) is 23.2 Å². The molecule has 1 aromatic rings. The zero-order valence-electron chi connectivity index (χ0n) is 9.20. The Labute approximate surface area is 102 Å². The van der Waals surface area contributed by atoms with Gasteiger partial charge in [-0.15, -0.1) is 0 Å². The largest absolute Gasteiger partial charge is 0.496 e. The number of nitrogens with zero attached hydrogens (tertiary/aromatic N) is 1.